The molecule has 1 aliphatic rings. The van der Waals surface area contributed by atoms with Crippen LogP contribution in [-0.2, 0) is 14.4 Å². The van der Waals surface area contributed by atoms with Crippen LogP contribution in [0.1, 0.15) is 60.3 Å². The van der Waals surface area contributed by atoms with Gasteiger partial charge in [-0.15, -0.1) is 0 Å². The SMILES string of the molecule is CC(C(=O)O)N(C(=O)[C@@H](C)CSC(=O)C(C)(C)C)C1CCCC1. The molecule has 2 atom stereocenters. The van der Waals surface area contributed by atoms with Crippen LogP contribution in [0.25, 0.3) is 0 Å². The van der Waals surface area contributed by atoms with Gasteiger partial charge in [-0.25, -0.2) is 4.79 Å². The molecular weight excluding hydrogens is 314 g/mol. The highest BCUT2D eigenvalue weighted by Crippen LogP contribution is 2.29. The van der Waals surface area contributed by atoms with E-state index in [2.05, 4.69) is 0 Å². The number of hydrogen-bond acceptors (Lipinski definition) is 4. The molecule has 1 saturated carbocycles. The average molecular weight is 343 g/mol. The summed E-state index contributed by atoms with van der Waals surface area (Å²) in [6.45, 7) is 8.91. The van der Waals surface area contributed by atoms with Crippen molar-refractivity contribution in [2.24, 2.45) is 11.3 Å². The summed E-state index contributed by atoms with van der Waals surface area (Å²) in [6, 6.07) is -0.810. The van der Waals surface area contributed by atoms with Gasteiger partial charge in [0, 0.05) is 23.1 Å². The third-order valence-corrected chi connectivity index (χ3v) is 5.79. The Hall–Kier alpha value is -1.04. The Morgan fingerprint density at radius 1 is 1.17 bits per heavy atom. The predicted molar refractivity (Wildman–Crippen MR) is 92.3 cm³/mol. The van der Waals surface area contributed by atoms with Gasteiger partial charge in [0.1, 0.15) is 6.04 Å². The Bertz CT molecular complexity index is 452. The van der Waals surface area contributed by atoms with E-state index in [4.69, 9.17) is 0 Å². The summed E-state index contributed by atoms with van der Waals surface area (Å²) in [4.78, 5) is 37.7. The first kappa shape index (κ1) is 20.0. The van der Waals surface area contributed by atoms with Crippen LogP contribution in [0.5, 0.6) is 0 Å². The molecule has 0 aromatic carbocycles. The highest BCUT2D eigenvalue weighted by atomic mass is 32.2. The van der Waals surface area contributed by atoms with Crippen LogP contribution in [0.2, 0.25) is 0 Å². The van der Waals surface area contributed by atoms with E-state index in [1.54, 1.807) is 18.7 Å². The van der Waals surface area contributed by atoms with Gasteiger partial charge < -0.3 is 10.0 Å². The lowest BCUT2D eigenvalue weighted by Crippen LogP contribution is -2.50. The zero-order chi connectivity index (χ0) is 17.8. The highest BCUT2D eigenvalue weighted by molar-refractivity contribution is 8.13. The van der Waals surface area contributed by atoms with Crippen LogP contribution in [0.15, 0.2) is 0 Å². The minimum absolute atomic E-state index is 0.0133. The third-order valence-electron chi connectivity index (χ3n) is 4.25. The largest absolute Gasteiger partial charge is 0.480 e. The fourth-order valence-corrected chi connectivity index (χ4v) is 3.71. The van der Waals surface area contributed by atoms with E-state index in [0.29, 0.717) is 5.75 Å². The molecule has 0 aromatic rings. The maximum Gasteiger partial charge on any atom is 0.326 e. The van der Waals surface area contributed by atoms with Gasteiger partial charge in [-0.3, -0.25) is 9.59 Å². The van der Waals surface area contributed by atoms with Crippen LogP contribution in [0.3, 0.4) is 0 Å². The minimum Gasteiger partial charge on any atom is -0.480 e. The van der Waals surface area contributed by atoms with Gasteiger partial charge in [0.15, 0.2) is 5.12 Å². The molecule has 1 unspecified atom stereocenters. The molecule has 6 heteroatoms. The van der Waals surface area contributed by atoms with Crippen molar-refractivity contribution in [2.45, 2.75) is 72.4 Å². The lowest BCUT2D eigenvalue weighted by Gasteiger charge is -2.34. The van der Waals surface area contributed by atoms with Crippen LogP contribution < -0.4 is 0 Å². The molecule has 0 saturated heterocycles. The average Bonchev–Trinajstić information content (AvgIpc) is 2.96. The van der Waals surface area contributed by atoms with Crippen LogP contribution in [-0.4, -0.2) is 44.8 Å². The Morgan fingerprint density at radius 2 is 1.70 bits per heavy atom. The van der Waals surface area contributed by atoms with Crippen molar-refractivity contribution < 1.29 is 19.5 Å². The number of thioether (sulfide) groups is 1. The van der Waals surface area contributed by atoms with Crippen LogP contribution in [0.4, 0.5) is 0 Å². The number of hydrogen-bond donors (Lipinski definition) is 1. The van der Waals surface area contributed by atoms with Gasteiger partial charge in [0.25, 0.3) is 0 Å². The fourth-order valence-electron chi connectivity index (χ4n) is 2.73. The minimum atomic E-state index is -0.976. The van der Waals surface area contributed by atoms with Crippen molar-refractivity contribution in [1.29, 1.82) is 0 Å². The number of carbonyl (C=O) groups is 3. The molecule has 1 aliphatic carbocycles. The van der Waals surface area contributed by atoms with E-state index in [1.165, 1.54) is 11.8 Å². The van der Waals surface area contributed by atoms with Crippen molar-refractivity contribution >= 4 is 28.8 Å². The van der Waals surface area contributed by atoms with Crippen LogP contribution >= 0.6 is 11.8 Å². The maximum absolute atomic E-state index is 12.8. The molecule has 0 aromatic heterocycles. The van der Waals surface area contributed by atoms with E-state index in [9.17, 15) is 19.5 Å². The summed E-state index contributed by atoms with van der Waals surface area (Å²) < 4.78 is 0. The topological polar surface area (TPSA) is 74.7 Å². The highest BCUT2D eigenvalue weighted by Gasteiger charge is 2.36. The molecule has 0 aliphatic heterocycles. The monoisotopic (exact) mass is 343 g/mol. The number of carboxylic acid groups (broad SMARTS) is 1. The third kappa shape index (κ3) is 5.52. The maximum atomic E-state index is 12.8. The van der Waals surface area contributed by atoms with Crippen molar-refractivity contribution in [2.75, 3.05) is 5.75 Å². The molecule has 23 heavy (non-hydrogen) atoms. The fraction of sp³-hybridized carbons (Fsp3) is 0.824. The number of amides is 1. The molecule has 0 spiro atoms. The molecule has 0 bridgehead atoms. The second-order valence-corrected chi connectivity index (χ2v) is 8.44. The zero-order valence-corrected chi connectivity index (χ0v) is 15.6. The van der Waals surface area contributed by atoms with Gasteiger partial charge in [0.05, 0.1) is 0 Å². The Labute approximate surface area is 143 Å². The zero-order valence-electron chi connectivity index (χ0n) is 14.8. The normalized spacial score (nSPS) is 18.5. The number of carboxylic acids is 1. The van der Waals surface area contributed by atoms with Crippen LogP contribution in [0, 0.1) is 11.3 Å². The molecular formula is C17H29NO4S. The summed E-state index contributed by atoms with van der Waals surface area (Å²) >= 11 is 1.17. The van der Waals surface area contributed by atoms with E-state index >= 15 is 0 Å². The van der Waals surface area contributed by atoms with Crippen molar-refractivity contribution in [3.8, 4) is 0 Å². The molecule has 1 amide bonds. The lowest BCUT2D eigenvalue weighted by atomic mass is 10.00. The summed E-state index contributed by atoms with van der Waals surface area (Å²) in [6.07, 6.45) is 3.80. The lowest BCUT2D eigenvalue weighted by molar-refractivity contribution is -0.153. The smallest absolute Gasteiger partial charge is 0.326 e. The first-order chi connectivity index (χ1) is 10.6. The molecule has 1 rings (SSSR count). The Kier molecular flexibility index (Phi) is 7.11. The van der Waals surface area contributed by atoms with E-state index in [0.717, 1.165) is 25.7 Å². The molecule has 0 heterocycles. The quantitative estimate of drug-likeness (QED) is 0.802. The Balaban J connectivity index is 2.75. The summed E-state index contributed by atoms with van der Waals surface area (Å²) in [5.74, 6) is -1.10. The first-order valence-electron chi connectivity index (χ1n) is 8.28. The van der Waals surface area contributed by atoms with Crippen molar-refractivity contribution in [3.63, 3.8) is 0 Å². The molecule has 132 valence electrons. The number of aliphatic carboxylic acids is 1. The predicted octanol–water partition coefficient (Wildman–Crippen LogP) is 3.17. The van der Waals surface area contributed by atoms with E-state index in [-0.39, 0.29) is 23.0 Å². The summed E-state index contributed by atoms with van der Waals surface area (Å²) in [5, 5.41) is 9.37. The van der Waals surface area contributed by atoms with Gasteiger partial charge in [0.2, 0.25) is 5.91 Å². The number of rotatable bonds is 6. The molecule has 1 N–H and O–H groups in total. The summed E-state index contributed by atoms with van der Waals surface area (Å²) in [5.41, 5.74) is -0.438. The van der Waals surface area contributed by atoms with E-state index in [1.807, 2.05) is 20.8 Å². The Morgan fingerprint density at radius 3 is 2.13 bits per heavy atom. The van der Waals surface area contributed by atoms with Gasteiger partial charge in [-0.2, -0.15) is 0 Å². The standard InChI is InChI=1S/C17H29NO4S/c1-11(10-23-16(22)17(3,4)5)14(19)18(12(2)15(20)21)13-8-6-7-9-13/h11-13H,6-10H2,1-5H3,(H,20,21)/t11-,12?/m0/s1. The number of carbonyl (C=O) groups excluding carboxylic acids is 2. The van der Waals surface area contributed by atoms with Gasteiger partial charge in [-0.1, -0.05) is 52.3 Å². The van der Waals surface area contributed by atoms with Crippen molar-refractivity contribution in [3.05, 3.63) is 0 Å². The van der Waals surface area contributed by atoms with E-state index < -0.39 is 17.4 Å². The second kappa shape index (κ2) is 8.18. The second-order valence-electron chi connectivity index (χ2n) is 7.45. The summed E-state index contributed by atoms with van der Waals surface area (Å²) in [7, 11) is 0. The van der Waals surface area contributed by atoms with Gasteiger partial charge >= 0.3 is 5.97 Å². The molecule has 1 fully saturated rings. The van der Waals surface area contributed by atoms with Gasteiger partial charge in [-0.05, 0) is 19.8 Å². The van der Waals surface area contributed by atoms with Crippen molar-refractivity contribution in [1.82, 2.24) is 4.90 Å². The molecule has 5 nitrogen and oxygen atoms in total. The first-order valence-corrected chi connectivity index (χ1v) is 9.26. The number of nitrogens with zero attached hydrogens (tertiary/aromatic N) is 1. The molecule has 0 radical (unpaired) electrons.